The van der Waals surface area contributed by atoms with Gasteiger partial charge in [0.1, 0.15) is 17.7 Å². The number of para-hydroxylation sites is 2. The highest BCUT2D eigenvalue weighted by atomic mass is 32.1. The number of nitrogens with zero attached hydrogens (tertiary/aromatic N) is 1. The number of ether oxygens (including phenoxy) is 3. The van der Waals surface area contributed by atoms with Crippen LogP contribution < -0.4 is 14.8 Å². The second kappa shape index (κ2) is 7.23. The van der Waals surface area contributed by atoms with E-state index in [0.717, 1.165) is 0 Å². The number of hydrogen-bond acceptors (Lipinski definition) is 7. The number of rotatable bonds is 4. The molecule has 0 spiro atoms. The van der Waals surface area contributed by atoms with Gasteiger partial charge in [-0.1, -0.05) is 12.1 Å². The normalized spacial score (nSPS) is 16.4. The molecule has 25 heavy (non-hydrogen) atoms. The Morgan fingerprint density at radius 2 is 2.12 bits per heavy atom. The van der Waals surface area contributed by atoms with Gasteiger partial charge in [0.05, 0.1) is 5.56 Å². The lowest BCUT2D eigenvalue weighted by Crippen LogP contribution is -2.41. The molecule has 0 bridgehead atoms. The van der Waals surface area contributed by atoms with Crippen LogP contribution >= 0.6 is 11.3 Å². The van der Waals surface area contributed by atoms with E-state index in [4.69, 9.17) is 19.5 Å². The van der Waals surface area contributed by atoms with Crippen LogP contribution in [0.3, 0.4) is 0 Å². The first-order valence-electron chi connectivity index (χ1n) is 7.46. The molecule has 1 aliphatic heterocycles. The molecule has 2 aromatic rings. The van der Waals surface area contributed by atoms with E-state index in [-0.39, 0.29) is 6.61 Å². The fourth-order valence-electron chi connectivity index (χ4n) is 2.15. The van der Waals surface area contributed by atoms with Crippen LogP contribution in [0.5, 0.6) is 11.5 Å². The number of benzene rings is 1. The fourth-order valence-corrected chi connectivity index (χ4v) is 2.89. The summed E-state index contributed by atoms with van der Waals surface area (Å²) in [6.45, 7) is 1.46. The Hall–Kier alpha value is -3.05. The number of fused-ring (bicyclic) bond motifs is 1. The molecule has 1 aromatic heterocycles. The van der Waals surface area contributed by atoms with Crippen LogP contribution in [0, 0.1) is 11.3 Å². The number of anilines is 1. The first-order chi connectivity index (χ1) is 12.1. The zero-order chi connectivity index (χ0) is 17.8. The van der Waals surface area contributed by atoms with Crippen molar-refractivity contribution in [1.29, 1.82) is 5.26 Å². The minimum absolute atomic E-state index is 0.00763. The maximum absolute atomic E-state index is 12.2. The van der Waals surface area contributed by atoms with E-state index in [1.807, 2.05) is 6.07 Å². The zero-order valence-electron chi connectivity index (χ0n) is 13.2. The van der Waals surface area contributed by atoms with Crippen molar-refractivity contribution in [2.45, 2.75) is 19.1 Å². The summed E-state index contributed by atoms with van der Waals surface area (Å²) < 4.78 is 16.2. The molecule has 0 fully saturated rings. The molecular formula is C17H14N2O5S. The number of carbonyl (C=O) groups excluding carboxylic acids is 2. The summed E-state index contributed by atoms with van der Waals surface area (Å²) in [6, 6.07) is 10.6. The van der Waals surface area contributed by atoms with E-state index in [0.29, 0.717) is 22.1 Å². The first-order valence-corrected chi connectivity index (χ1v) is 8.34. The molecule has 2 heterocycles. The zero-order valence-corrected chi connectivity index (χ0v) is 14.0. The minimum atomic E-state index is -1.04. The molecule has 3 rings (SSSR count). The maximum Gasteiger partial charge on any atom is 0.351 e. The smallest absolute Gasteiger partial charge is 0.351 e. The summed E-state index contributed by atoms with van der Waals surface area (Å²) in [5.74, 6) is -0.211. The largest absolute Gasteiger partial charge is 0.485 e. The molecule has 0 unspecified atom stereocenters. The maximum atomic E-state index is 12.2. The molecule has 7 nitrogen and oxygen atoms in total. The van der Waals surface area contributed by atoms with E-state index < -0.39 is 24.1 Å². The highest BCUT2D eigenvalue weighted by Crippen LogP contribution is 2.31. The minimum Gasteiger partial charge on any atom is -0.485 e. The van der Waals surface area contributed by atoms with Gasteiger partial charge in [-0.25, -0.2) is 4.79 Å². The highest BCUT2D eigenvalue weighted by molar-refractivity contribution is 7.14. The van der Waals surface area contributed by atoms with E-state index in [1.54, 1.807) is 35.7 Å². The molecule has 1 amide bonds. The van der Waals surface area contributed by atoms with Crippen LogP contribution in [0.15, 0.2) is 35.7 Å². The predicted octanol–water partition coefficient (Wildman–Crippen LogP) is 2.33. The van der Waals surface area contributed by atoms with Crippen LogP contribution in [0.4, 0.5) is 5.00 Å². The summed E-state index contributed by atoms with van der Waals surface area (Å²) in [5.41, 5.74) is 0.359. The van der Waals surface area contributed by atoms with Crippen LogP contribution in [0.25, 0.3) is 0 Å². The van der Waals surface area contributed by atoms with Gasteiger partial charge in [0, 0.05) is 0 Å². The summed E-state index contributed by atoms with van der Waals surface area (Å²) in [4.78, 5) is 24.3. The number of nitriles is 1. The SMILES string of the molecule is C[C@@H](OC(=O)[C@@H]1COc2ccccc2O1)C(=O)Nc1sccc1C#N. The van der Waals surface area contributed by atoms with E-state index in [9.17, 15) is 9.59 Å². The van der Waals surface area contributed by atoms with Gasteiger partial charge in [-0.05, 0) is 30.5 Å². The van der Waals surface area contributed by atoms with Crippen molar-refractivity contribution < 1.29 is 23.8 Å². The van der Waals surface area contributed by atoms with Crippen molar-refractivity contribution in [3.8, 4) is 17.6 Å². The first kappa shape index (κ1) is 16.8. The lowest BCUT2D eigenvalue weighted by atomic mass is 10.2. The molecule has 0 saturated carbocycles. The molecule has 8 heteroatoms. The third-order valence-electron chi connectivity index (χ3n) is 3.46. The molecular weight excluding hydrogens is 344 g/mol. The molecule has 0 aliphatic carbocycles. The molecule has 2 atom stereocenters. The topological polar surface area (TPSA) is 97.7 Å². The lowest BCUT2D eigenvalue weighted by Gasteiger charge is -2.25. The van der Waals surface area contributed by atoms with Crippen molar-refractivity contribution in [3.05, 3.63) is 41.3 Å². The van der Waals surface area contributed by atoms with Crippen molar-refractivity contribution in [2.24, 2.45) is 0 Å². The fraction of sp³-hybridized carbons (Fsp3) is 0.235. The average molecular weight is 358 g/mol. The van der Waals surface area contributed by atoms with Crippen LogP contribution in [-0.2, 0) is 14.3 Å². The second-order valence-electron chi connectivity index (χ2n) is 5.21. The Morgan fingerprint density at radius 3 is 2.88 bits per heavy atom. The van der Waals surface area contributed by atoms with Crippen LogP contribution in [-0.4, -0.2) is 30.7 Å². The monoisotopic (exact) mass is 358 g/mol. The summed E-state index contributed by atoms with van der Waals surface area (Å²) in [6.07, 6.45) is -1.98. The number of thiophene rings is 1. The molecule has 0 radical (unpaired) electrons. The van der Waals surface area contributed by atoms with Gasteiger partial charge in [-0.3, -0.25) is 4.79 Å². The molecule has 1 aromatic carbocycles. The Morgan fingerprint density at radius 1 is 1.36 bits per heavy atom. The van der Waals surface area contributed by atoms with Gasteiger partial charge in [0.25, 0.3) is 5.91 Å². The summed E-state index contributed by atoms with van der Waals surface area (Å²) in [5, 5.41) is 13.6. The Labute approximate surface area is 147 Å². The highest BCUT2D eigenvalue weighted by Gasteiger charge is 2.31. The van der Waals surface area contributed by atoms with E-state index in [2.05, 4.69) is 5.32 Å². The van der Waals surface area contributed by atoms with Gasteiger partial charge in [0.2, 0.25) is 6.10 Å². The number of amides is 1. The molecule has 0 saturated heterocycles. The number of esters is 1. The van der Waals surface area contributed by atoms with Crippen molar-refractivity contribution in [1.82, 2.24) is 0 Å². The number of hydrogen-bond donors (Lipinski definition) is 1. The van der Waals surface area contributed by atoms with Gasteiger partial charge in [-0.2, -0.15) is 5.26 Å². The van der Waals surface area contributed by atoms with Crippen molar-refractivity contribution in [3.63, 3.8) is 0 Å². The average Bonchev–Trinajstić information content (AvgIpc) is 3.08. The molecule has 1 aliphatic rings. The molecule has 1 N–H and O–H groups in total. The van der Waals surface area contributed by atoms with Gasteiger partial charge >= 0.3 is 5.97 Å². The Bertz CT molecular complexity index is 842. The standard InChI is InChI=1S/C17H14N2O5S/c1-10(15(20)19-16-11(8-18)6-7-25-16)23-17(21)14-9-22-12-4-2-3-5-13(12)24-14/h2-7,10,14H,9H2,1H3,(H,19,20)/t10-,14+/m1/s1. The van der Waals surface area contributed by atoms with Crippen molar-refractivity contribution in [2.75, 3.05) is 11.9 Å². The Kier molecular flexibility index (Phi) is 4.86. The van der Waals surface area contributed by atoms with Gasteiger partial charge < -0.3 is 19.5 Å². The Balaban J connectivity index is 1.58. The van der Waals surface area contributed by atoms with Gasteiger partial charge in [0.15, 0.2) is 17.6 Å². The lowest BCUT2D eigenvalue weighted by molar-refractivity contribution is -0.162. The van der Waals surface area contributed by atoms with Gasteiger partial charge in [-0.15, -0.1) is 11.3 Å². The third-order valence-corrected chi connectivity index (χ3v) is 4.29. The van der Waals surface area contributed by atoms with Crippen molar-refractivity contribution >= 4 is 28.2 Å². The summed E-state index contributed by atoms with van der Waals surface area (Å²) >= 11 is 1.22. The number of carbonyl (C=O) groups is 2. The quantitative estimate of drug-likeness (QED) is 0.843. The number of nitrogens with one attached hydrogen (secondary N) is 1. The van der Waals surface area contributed by atoms with E-state index in [1.165, 1.54) is 18.3 Å². The predicted molar refractivity (Wildman–Crippen MR) is 89.6 cm³/mol. The summed E-state index contributed by atoms with van der Waals surface area (Å²) in [7, 11) is 0. The van der Waals surface area contributed by atoms with Crippen LogP contribution in [0.1, 0.15) is 12.5 Å². The third kappa shape index (κ3) is 3.72. The van der Waals surface area contributed by atoms with E-state index >= 15 is 0 Å². The van der Waals surface area contributed by atoms with Crippen LogP contribution in [0.2, 0.25) is 0 Å². The second-order valence-corrected chi connectivity index (χ2v) is 6.12. The molecule has 128 valence electrons.